The quantitative estimate of drug-likeness (QED) is 0.790. The van der Waals surface area contributed by atoms with E-state index in [1.54, 1.807) is 12.1 Å². The van der Waals surface area contributed by atoms with Crippen LogP contribution >= 0.6 is 0 Å². The fourth-order valence-electron chi connectivity index (χ4n) is 4.18. The van der Waals surface area contributed by atoms with E-state index in [0.717, 1.165) is 25.8 Å². The second-order valence-electron chi connectivity index (χ2n) is 7.40. The van der Waals surface area contributed by atoms with Crippen molar-refractivity contribution in [2.24, 2.45) is 5.92 Å². The normalized spacial score (nSPS) is 20.8. The summed E-state index contributed by atoms with van der Waals surface area (Å²) >= 11 is 0. The van der Waals surface area contributed by atoms with Crippen LogP contribution in [0.3, 0.4) is 0 Å². The highest BCUT2D eigenvalue weighted by molar-refractivity contribution is 5.77. The number of hydrogen-bond acceptors (Lipinski definition) is 4. The third kappa shape index (κ3) is 3.64. The van der Waals surface area contributed by atoms with E-state index >= 15 is 0 Å². The Hall–Kier alpha value is -2.24. The monoisotopic (exact) mass is 357 g/mol. The minimum atomic E-state index is -0.299. The van der Waals surface area contributed by atoms with Crippen LogP contribution in [0.1, 0.15) is 63.3 Å². The maximum absolute atomic E-state index is 13.1. The number of nitrogens with zero attached hydrogens (tertiary/aromatic N) is 3. The van der Waals surface area contributed by atoms with Crippen LogP contribution in [0.5, 0.6) is 0 Å². The van der Waals surface area contributed by atoms with Gasteiger partial charge in [-0.1, -0.05) is 30.8 Å². The molecule has 1 amide bonds. The first-order valence-corrected chi connectivity index (χ1v) is 9.60. The maximum atomic E-state index is 13.1. The van der Waals surface area contributed by atoms with Gasteiger partial charge in [0, 0.05) is 18.5 Å². The third-order valence-electron chi connectivity index (χ3n) is 5.64. The Bertz CT molecular complexity index is 753. The molecule has 1 saturated carbocycles. The van der Waals surface area contributed by atoms with Crippen LogP contribution in [0.15, 0.2) is 28.8 Å². The van der Waals surface area contributed by atoms with Gasteiger partial charge in [0.05, 0.1) is 0 Å². The molecule has 1 aliphatic heterocycles. The Balaban J connectivity index is 1.42. The molecule has 0 spiro atoms. The summed E-state index contributed by atoms with van der Waals surface area (Å²) in [5.41, 5.74) is 0.707. The molecule has 1 saturated heterocycles. The molecule has 1 atom stereocenters. The average Bonchev–Trinajstić information content (AvgIpc) is 3.40. The van der Waals surface area contributed by atoms with Crippen molar-refractivity contribution in [3.63, 3.8) is 0 Å². The van der Waals surface area contributed by atoms with Gasteiger partial charge >= 0.3 is 0 Å². The zero-order chi connectivity index (χ0) is 17.9. The average molecular weight is 357 g/mol. The van der Waals surface area contributed by atoms with Crippen LogP contribution in [-0.4, -0.2) is 27.5 Å². The van der Waals surface area contributed by atoms with Crippen molar-refractivity contribution >= 4 is 5.91 Å². The molecule has 2 heterocycles. The first kappa shape index (κ1) is 17.2. The second-order valence-corrected chi connectivity index (χ2v) is 7.40. The summed E-state index contributed by atoms with van der Waals surface area (Å²) < 4.78 is 18.5. The van der Waals surface area contributed by atoms with E-state index in [9.17, 15) is 9.18 Å². The molecule has 2 aromatic rings. The van der Waals surface area contributed by atoms with E-state index in [4.69, 9.17) is 4.52 Å². The number of hydrogen-bond donors (Lipinski definition) is 0. The lowest BCUT2D eigenvalue weighted by Crippen LogP contribution is -2.30. The molecule has 1 aromatic carbocycles. The highest BCUT2D eigenvalue weighted by Crippen LogP contribution is 2.34. The van der Waals surface area contributed by atoms with Crippen LogP contribution in [-0.2, 0) is 4.79 Å². The standard InChI is InChI=1S/C20H24FN3O2/c21-16-10-8-15(9-11-16)19-22-20(26-23-19)17-6-3-13-24(17)18(25)12-7-14-4-1-2-5-14/h8-11,14,17H,1-7,12-13H2/t17-/m1/s1. The van der Waals surface area contributed by atoms with Crippen molar-refractivity contribution in [2.75, 3.05) is 6.54 Å². The van der Waals surface area contributed by atoms with Gasteiger partial charge in [-0.2, -0.15) is 4.98 Å². The van der Waals surface area contributed by atoms with Gasteiger partial charge in [0.15, 0.2) is 0 Å². The summed E-state index contributed by atoms with van der Waals surface area (Å²) in [7, 11) is 0. The lowest BCUT2D eigenvalue weighted by atomic mass is 10.0. The number of amides is 1. The zero-order valence-electron chi connectivity index (χ0n) is 14.9. The Morgan fingerprint density at radius 2 is 1.92 bits per heavy atom. The van der Waals surface area contributed by atoms with Crippen molar-refractivity contribution in [1.29, 1.82) is 0 Å². The van der Waals surface area contributed by atoms with Gasteiger partial charge < -0.3 is 9.42 Å². The number of benzene rings is 1. The Labute approximate surface area is 152 Å². The highest BCUT2D eigenvalue weighted by atomic mass is 19.1. The van der Waals surface area contributed by atoms with Crippen molar-refractivity contribution < 1.29 is 13.7 Å². The number of halogens is 1. The van der Waals surface area contributed by atoms with E-state index in [1.165, 1.54) is 37.8 Å². The largest absolute Gasteiger partial charge is 0.337 e. The molecular weight excluding hydrogens is 333 g/mol. The molecule has 0 bridgehead atoms. The molecule has 4 rings (SSSR count). The number of carbonyl (C=O) groups excluding carboxylic acids is 1. The van der Waals surface area contributed by atoms with Crippen molar-refractivity contribution in [3.05, 3.63) is 36.0 Å². The lowest BCUT2D eigenvalue weighted by molar-refractivity contribution is -0.132. The molecule has 2 fully saturated rings. The summed E-state index contributed by atoms with van der Waals surface area (Å²) in [6.07, 6.45) is 8.54. The van der Waals surface area contributed by atoms with Crippen molar-refractivity contribution in [1.82, 2.24) is 15.0 Å². The molecule has 0 radical (unpaired) electrons. The molecule has 0 unspecified atom stereocenters. The summed E-state index contributed by atoms with van der Waals surface area (Å²) in [5, 5.41) is 4.02. The number of aromatic nitrogens is 2. The first-order valence-electron chi connectivity index (χ1n) is 9.60. The minimum absolute atomic E-state index is 0.132. The summed E-state index contributed by atoms with van der Waals surface area (Å²) in [6.45, 7) is 0.752. The molecule has 6 heteroatoms. The molecule has 2 aliphatic rings. The maximum Gasteiger partial charge on any atom is 0.249 e. The Kier molecular flexibility index (Phi) is 5.00. The Morgan fingerprint density at radius 1 is 1.15 bits per heavy atom. The van der Waals surface area contributed by atoms with Crippen molar-refractivity contribution in [2.45, 2.75) is 57.4 Å². The SMILES string of the molecule is O=C(CCC1CCCC1)N1CCC[C@@H]1c1nc(-c2ccc(F)cc2)no1. The van der Waals surface area contributed by atoms with Gasteiger partial charge in [0.1, 0.15) is 11.9 Å². The predicted molar refractivity (Wildman–Crippen MR) is 94.6 cm³/mol. The number of likely N-dealkylation sites (tertiary alicyclic amines) is 1. The van der Waals surface area contributed by atoms with Gasteiger partial charge in [-0.3, -0.25) is 4.79 Å². The fraction of sp³-hybridized carbons (Fsp3) is 0.550. The third-order valence-corrected chi connectivity index (χ3v) is 5.64. The van der Waals surface area contributed by atoms with Gasteiger partial charge in [0.25, 0.3) is 0 Å². The van der Waals surface area contributed by atoms with Gasteiger partial charge in [-0.05, 0) is 49.4 Å². The van der Waals surface area contributed by atoms with Crippen LogP contribution in [0.2, 0.25) is 0 Å². The van der Waals surface area contributed by atoms with Gasteiger partial charge in [-0.15, -0.1) is 0 Å². The van der Waals surface area contributed by atoms with E-state index in [1.807, 2.05) is 4.90 Å². The van der Waals surface area contributed by atoms with Gasteiger partial charge in [-0.25, -0.2) is 4.39 Å². The highest BCUT2D eigenvalue weighted by Gasteiger charge is 2.34. The van der Waals surface area contributed by atoms with E-state index < -0.39 is 0 Å². The smallest absolute Gasteiger partial charge is 0.249 e. The van der Waals surface area contributed by atoms with Crippen LogP contribution < -0.4 is 0 Å². The second kappa shape index (κ2) is 7.56. The van der Waals surface area contributed by atoms with Crippen molar-refractivity contribution in [3.8, 4) is 11.4 Å². The molecular formula is C20H24FN3O2. The topological polar surface area (TPSA) is 59.2 Å². The molecule has 0 N–H and O–H groups in total. The summed E-state index contributed by atoms with van der Waals surface area (Å²) in [4.78, 5) is 19.1. The molecule has 138 valence electrons. The zero-order valence-corrected chi connectivity index (χ0v) is 14.9. The molecule has 1 aromatic heterocycles. The lowest BCUT2D eigenvalue weighted by Gasteiger charge is -2.22. The number of carbonyl (C=O) groups is 1. The molecule has 5 nitrogen and oxygen atoms in total. The Morgan fingerprint density at radius 3 is 2.69 bits per heavy atom. The van der Waals surface area contributed by atoms with E-state index in [-0.39, 0.29) is 17.8 Å². The van der Waals surface area contributed by atoms with E-state index in [0.29, 0.717) is 29.6 Å². The van der Waals surface area contributed by atoms with Crippen LogP contribution in [0, 0.1) is 11.7 Å². The van der Waals surface area contributed by atoms with Crippen LogP contribution in [0.4, 0.5) is 4.39 Å². The molecule has 26 heavy (non-hydrogen) atoms. The fourth-order valence-corrected chi connectivity index (χ4v) is 4.18. The van der Waals surface area contributed by atoms with E-state index in [2.05, 4.69) is 10.1 Å². The minimum Gasteiger partial charge on any atom is -0.337 e. The summed E-state index contributed by atoms with van der Waals surface area (Å²) in [6, 6.07) is 5.87. The van der Waals surface area contributed by atoms with Gasteiger partial charge in [0.2, 0.25) is 17.6 Å². The predicted octanol–water partition coefficient (Wildman–Crippen LogP) is 4.51. The summed E-state index contributed by atoms with van der Waals surface area (Å²) in [5.74, 6) is 1.53. The van der Waals surface area contributed by atoms with Crippen LogP contribution in [0.25, 0.3) is 11.4 Å². The number of rotatable bonds is 5. The molecule has 1 aliphatic carbocycles. The first-order chi connectivity index (χ1) is 12.7.